The van der Waals surface area contributed by atoms with Crippen LogP contribution < -0.4 is 20.7 Å². The van der Waals surface area contributed by atoms with E-state index in [2.05, 4.69) is 30.9 Å². The number of carbonyl (C=O) groups is 3. The van der Waals surface area contributed by atoms with Crippen molar-refractivity contribution in [2.75, 3.05) is 23.8 Å². The largest absolute Gasteiger partial charge is 0.480 e. The first-order chi connectivity index (χ1) is 22.8. The Balaban J connectivity index is 1.28. The molecule has 17 heteroatoms. The molecule has 0 spiro atoms. The zero-order chi connectivity index (χ0) is 35.8. The highest BCUT2D eigenvalue weighted by atomic mass is 35.5. The van der Waals surface area contributed by atoms with Gasteiger partial charge in [-0.2, -0.15) is 28.1 Å². The lowest BCUT2D eigenvalue weighted by Gasteiger charge is -2.32. The molecule has 49 heavy (non-hydrogen) atoms. The van der Waals surface area contributed by atoms with Gasteiger partial charge in [0.2, 0.25) is 11.9 Å². The quantitative estimate of drug-likeness (QED) is 0.198. The van der Waals surface area contributed by atoms with Crippen molar-refractivity contribution in [2.24, 2.45) is 0 Å². The number of nitrogens with zero attached hydrogens (tertiary/aromatic N) is 4. The van der Waals surface area contributed by atoms with E-state index >= 15 is 0 Å². The molecule has 1 saturated carbocycles. The van der Waals surface area contributed by atoms with Crippen LogP contribution in [0.5, 0.6) is 6.01 Å². The molecule has 1 saturated heterocycles. The number of carbonyl (C=O) groups excluding carboxylic acids is 2. The summed E-state index contributed by atoms with van der Waals surface area (Å²) in [6.45, 7) is 4.72. The van der Waals surface area contributed by atoms with E-state index < -0.39 is 59.5 Å². The number of nitrogens with one attached hydrogen (secondary N) is 3. The first-order valence-electron chi connectivity index (χ1n) is 15.3. The number of likely N-dealkylation sites (tertiary alicyclic amines) is 1. The molecule has 13 nitrogen and oxygen atoms in total. The molecule has 2 aromatic carbocycles. The fourth-order valence-electron chi connectivity index (χ4n) is 5.34. The fourth-order valence-corrected chi connectivity index (χ4v) is 5.47. The predicted molar refractivity (Wildman–Crippen MR) is 172 cm³/mol. The van der Waals surface area contributed by atoms with Crippen molar-refractivity contribution in [3.05, 3.63) is 64.7 Å². The van der Waals surface area contributed by atoms with E-state index in [1.54, 1.807) is 32.9 Å². The summed E-state index contributed by atoms with van der Waals surface area (Å²) >= 11 is 6.02. The van der Waals surface area contributed by atoms with Crippen molar-refractivity contribution in [3.63, 3.8) is 0 Å². The Hall–Kier alpha value is -4.86. The number of ether oxygens (including phenoxy) is 2. The molecular weight excluding hydrogens is 671 g/mol. The molecule has 0 radical (unpaired) electrons. The van der Waals surface area contributed by atoms with Crippen LogP contribution in [0.25, 0.3) is 0 Å². The van der Waals surface area contributed by atoms with Crippen molar-refractivity contribution in [2.45, 2.75) is 75.9 Å². The maximum atomic E-state index is 13.1. The predicted octanol–water partition coefficient (Wildman–Crippen LogP) is 5.89. The third-order valence-electron chi connectivity index (χ3n) is 7.93. The van der Waals surface area contributed by atoms with E-state index in [4.69, 9.17) is 21.1 Å². The zero-order valence-electron chi connectivity index (χ0n) is 27.0. The van der Waals surface area contributed by atoms with E-state index in [9.17, 15) is 32.7 Å². The number of alkyl halides is 3. The molecule has 0 unspecified atom stereocenters. The molecule has 262 valence electrons. The van der Waals surface area contributed by atoms with Crippen LogP contribution >= 0.6 is 11.6 Å². The monoisotopic (exact) mass is 705 g/mol. The van der Waals surface area contributed by atoms with Gasteiger partial charge in [0.1, 0.15) is 11.1 Å². The molecule has 1 aliphatic carbocycles. The van der Waals surface area contributed by atoms with Gasteiger partial charge in [0.15, 0.2) is 6.61 Å². The van der Waals surface area contributed by atoms with Crippen LogP contribution in [0.3, 0.4) is 0 Å². The summed E-state index contributed by atoms with van der Waals surface area (Å²) in [7, 11) is 0. The molecule has 3 aromatic rings. The summed E-state index contributed by atoms with van der Waals surface area (Å²) in [5, 5.41) is 19.3. The lowest BCUT2D eigenvalue weighted by molar-refractivity contribution is -0.154. The third-order valence-corrected chi connectivity index (χ3v) is 8.19. The van der Waals surface area contributed by atoms with E-state index in [-0.39, 0.29) is 30.4 Å². The van der Waals surface area contributed by atoms with Crippen molar-refractivity contribution in [1.82, 2.24) is 25.2 Å². The number of rotatable bonds is 10. The van der Waals surface area contributed by atoms with Gasteiger partial charge in [-0.3, -0.25) is 9.69 Å². The number of hydrogen-bond acceptors (Lipinski definition) is 10. The van der Waals surface area contributed by atoms with Gasteiger partial charge in [-0.1, -0.05) is 23.7 Å². The van der Waals surface area contributed by atoms with Crippen LogP contribution in [-0.2, 0) is 15.1 Å². The Morgan fingerprint density at radius 1 is 1.00 bits per heavy atom. The molecule has 4 N–H and O–H groups in total. The summed E-state index contributed by atoms with van der Waals surface area (Å²) in [6.07, 6.45) is -4.02. The summed E-state index contributed by atoms with van der Waals surface area (Å²) < 4.78 is 49.0. The molecule has 2 fully saturated rings. The summed E-state index contributed by atoms with van der Waals surface area (Å²) in [4.78, 5) is 51.5. The van der Waals surface area contributed by atoms with Crippen molar-refractivity contribution >= 4 is 47.2 Å². The normalized spacial score (nSPS) is 19.9. The average Bonchev–Trinajstić information content (AvgIpc) is 3.69. The molecule has 5 rings (SSSR count). The minimum absolute atomic E-state index is 0.0107. The molecule has 2 amide bonds. The van der Waals surface area contributed by atoms with Crippen LogP contribution in [0.4, 0.5) is 35.5 Å². The Labute approximate surface area is 284 Å². The highest BCUT2D eigenvalue weighted by Crippen LogP contribution is 2.48. The van der Waals surface area contributed by atoms with E-state index in [0.29, 0.717) is 10.7 Å². The van der Waals surface area contributed by atoms with Crippen LogP contribution in [0.2, 0.25) is 5.02 Å². The van der Waals surface area contributed by atoms with E-state index in [1.807, 2.05) is 12.1 Å². The zero-order valence-corrected chi connectivity index (χ0v) is 27.8. The standard InChI is InChI=1S/C32H35ClF3N7O6/c1-29(2,3)49-28(47)43-16-22(15-30(43,4)24(45)46)37-23(44)18-5-11-21(12-6-18)38-25-39-26(41-27(40-25)48-17-32(34,35)36)42-31(13-14-31)19-7-9-20(33)10-8-19/h5-12,22H,13-17H2,1-4H3,(H,37,44)(H,45,46)(H2,38,39,40,41,42)/t22-,30+/m0/s1. The van der Waals surface area contributed by atoms with Crippen LogP contribution in [0.15, 0.2) is 48.5 Å². The lowest BCUT2D eigenvalue weighted by atomic mass is 9.97. The summed E-state index contributed by atoms with van der Waals surface area (Å²) in [6, 6.07) is 12.0. The lowest BCUT2D eigenvalue weighted by Crippen LogP contribution is -2.52. The number of carboxylic acid groups (broad SMARTS) is 1. The Morgan fingerprint density at radius 3 is 2.20 bits per heavy atom. The second-order valence-electron chi connectivity index (χ2n) is 13.1. The summed E-state index contributed by atoms with van der Waals surface area (Å²) in [5.41, 5.74) is -1.45. The van der Waals surface area contributed by atoms with Gasteiger partial charge in [0, 0.05) is 35.3 Å². The Kier molecular flexibility index (Phi) is 9.56. The Bertz CT molecular complexity index is 1720. The highest BCUT2D eigenvalue weighted by molar-refractivity contribution is 6.30. The fraction of sp³-hybridized carbons (Fsp3) is 0.438. The number of anilines is 3. The minimum Gasteiger partial charge on any atom is -0.480 e. The van der Waals surface area contributed by atoms with Crippen molar-refractivity contribution < 1.29 is 42.1 Å². The molecule has 0 bridgehead atoms. The van der Waals surface area contributed by atoms with Gasteiger partial charge in [-0.05, 0) is 82.5 Å². The Morgan fingerprint density at radius 2 is 1.63 bits per heavy atom. The second kappa shape index (κ2) is 13.2. The molecule has 2 heterocycles. The van der Waals surface area contributed by atoms with E-state index in [0.717, 1.165) is 23.3 Å². The van der Waals surface area contributed by atoms with Crippen LogP contribution in [0, 0.1) is 0 Å². The van der Waals surface area contributed by atoms with E-state index in [1.165, 1.54) is 31.2 Å². The second-order valence-corrected chi connectivity index (χ2v) is 13.6. The van der Waals surface area contributed by atoms with Crippen molar-refractivity contribution in [3.8, 4) is 6.01 Å². The van der Waals surface area contributed by atoms with Gasteiger partial charge in [0.25, 0.3) is 5.91 Å². The molecular formula is C32H35ClF3N7O6. The van der Waals surface area contributed by atoms with Gasteiger partial charge < -0.3 is 30.5 Å². The van der Waals surface area contributed by atoms with Gasteiger partial charge in [-0.25, -0.2) is 9.59 Å². The number of halogens is 4. The minimum atomic E-state index is -4.62. The molecule has 1 aliphatic heterocycles. The summed E-state index contributed by atoms with van der Waals surface area (Å²) in [5.74, 6) is -1.86. The number of carboxylic acids is 1. The number of aliphatic carboxylic acids is 1. The maximum absolute atomic E-state index is 13.1. The SMILES string of the molecule is CC(C)(C)OC(=O)N1C[C@@H](NC(=O)c2ccc(Nc3nc(NC4(c5ccc(Cl)cc5)CC4)nc(OCC(F)(F)F)n3)cc2)C[C@]1(C)C(=O)O. The topological polar surface area (TPSA) is 168 Å². The number of aromatic nitrogens is 3. The van der Waals surface area contributed by atoms with Gasteiger partial charge in [-0.15, -0.1) is 0 Å². The third kappa shape index (κ3) is 8.79. The smallest absolute Gasteiger partial charge is 0.422 e. The average molecular weight is 706 g/mol. The van der Waals surface area contributed by atoms with Crippen LogP contribution in [0.1, 0.15) is 62.9 Å². The first kappa shape index (κ1) is 35.4. The number of amides is 2. The molecule has 2 aliphatic rings. The van der Waals surface area contributed by atoms with Crippen molar-refractivity contribution in [1.29, 1.82) is 0 Å². The number of hydrogen-bond donors (Lipinski definition) is 4. The number of benzene rings is 2. The molecule has 1 aromatic heterocycles. The van der Waals surface area contributed by atoms with Gasteiger partial charge >= 0.3 is 24.2 Å². The maximum Gasteiger partial charge on any atom is 0.422 e. The molecule has 2 atom stereocenters. The van der Waals surface area contributed by atoms with Gasteiger partial charge in [0.05, 0.1) is 5.54 Å². The van der Waals surface area contributed by atoms with Crippen LogP contribution in [-0.4, -0.2) is 79.4 Å². The highest BCUT2D eigenvalue weighted by Gasteiger charge is 2.52. The first-order valence-corrected chi connectivity index (χ1v) is 15.6.